The molecular weight excluding hydrogens is 403 g/mol. The molecule has 0 aliphatic carbocycles. The Morgan fingerprint density at radius 1 is 1.23 bits per heavy atom. The van der Waals surface area contributed by atoms with Gasteiger partial charge in [0.05, 0.1) is 22.8 Å². The Morgan fingerprint density at radius 2 is 2.07 bits per heavy atom. The molecule has 0 bridgehead atoms. The van der Waals surface area contributed by atoms with Crippen molar-refractivity contribution < 1.29 is 14.0 Å². The van der Waals surface area contributed by atoms with Crippen molar-refractivity contribution in [1.29, 1.82) is 0 Å². The number of rotatable bonds is 4. The van der Waals surface area contributed by atoms with Crippen molar-refractivity contribution in [2.75, 3.05) is 16.3 Å². The van der Waals surface area contributed by atoms with Gasteiger partial charge in [-0.1, -0.05) is 12.1 Å². The number of para-hydroxylation sites is 1. The van der Waals surface area contributed by atoms with E-state index >= 15 is 0 Å². The van der Waals surface area contributed by atoms with Gasteiger partial charge in [-0.3, -0.25) is 19.5 Å². The average molecular weight is 422 g/mol. The minimum atomic E-state index is -0.507. The van der Waals surface area contributed by atoms with Crippen LogP contribution in [-0.4, -0.2) is 28.3 Å². The number of hydrogen-bond acceptors (Lipinski definition) is 5. The van der Waals surface area contributed by atoms with Crippen LogP contribution >= 0.6 is 11.3 Å². The number of hydrogen-bond donors (Lipinski definition) is 0. The highest BCUT2D eigenvalue weighted by Crippen LogP contribution is 2.31. The van der Waals surface area contributed by atoms with Crippen molar-refractivity contribution >= 4 is 45.7 Å². The van der Waals surface area contributed by atoms with Gasteiger partial charge in [0.1, 0.15) is 5.82 Å². The summed E-state index contributed by atoms with van der Waals surface area (Å²) in [6, 6.07) is 9.76. The Bertz CT molecular complexity index is 1130. The largest absolute Gasteiger partial charge is 0.307 e. The van der Waals surface area contributed by atoms with Gasteiger partial charge in [0.15, 0.2) is 5.13 Å². The lowest BCUT2D eigenvalue weighted by atomic mass is 10.1. The summed E-state index contributed by atoms with van der Waals surface area (Å²) >= 11 is 1.21. The first kappa shape index (κ1) is 19.9. The van der Waals surface area contributed by atoms with Crippen LogP contribution in [0.3, 0.4) is 0 Å². The molecule has 8 heteroatoms. The van der Waals surface area contributed by atoms with Gasteiger partial charge in [-0.05, 0) is 43.2 Å². The van der Waals surface area contributed by atoms with E-state index in [0.29, 0.717) is 17.4 Å². The highest BCUT2D eigenvalue weighted by Gasteiger charge is 2.22. The van der Waals surface area contributed by atoms with E-state index in [0.717, 1.165) is 24.2 Å². The number of anilines is 3. The third-order valence-electron chi connectivity index (χ3n) is 4.72. The number of carbonyl (C=O) groups is 2. The van der Waals surface area contributed by atoms with Crippen molar-refractivity contribution in [1.82, 2.24) is 9.97 Å². The van der Waals surface area contributed by atoms with Gasteiger partial charge in [0.2, 0.25) is 5.91 Å². The molecule has 4 rings (SSSR count). The molecule has 1 aliphatic heterocycles. The van der Waals surface area contributed by atoms with Crippen LogP contribution in [0.2, 0.25) is 0 Å². The summed E-state index contributed by atoms with van der Waals surface area (Å²) in [5, 5.41) is 2.06. The zero-order chi connectivity index (χ0) is 21.1. The quantitative estimate of drug-likeness (QED) is 0.586. The van der Waals surface area contributed by atoms with Gasteiger partial charge < -0.3 is 4.90 Å². The van der Waals surface area contributed by atoms with Gasteiger partial charge in [-0.25, -0.2) is 9.37 Å². The predicted octanol–water partition coefficient (Wildman–Crippen LogP) is 4.35. The first-order valence-corrected chi connectivity index (χ1v) is 10.4. The molecule has 1 aromatic carbocycles. The number of nitrogens with zero attached hydrogens (tertiary/aromatic N) is 4. The number of amides is 2. The first-order valence-electron chi connectivity index (χ1n) is 9.49. The number of fused-ring (bicyclic) bond motifs is 1. The molecule has 1 aliphatic rings. The summed E-state index contributed by atoms with van der Waals surface area (Å²) in [6.45, 7) is 1.99. The van der Waals surface area contributed by atoms with Crippen LogP contribution in [0.1, 0.15) is 24.7 Å². The predicted molar refractivity (Wildman–Crippen MR) is 115 cm³/mol. The molecule has 0 radical (unpaired) electrons. The molecule has 2 aromatic heterocycles. The van der Waals surface area contributed by atoms with Gasteiger partial charge >= 0.3 is 0 Å². The molecule has 0 fully saturated rings. The summed E-state index contributed by atoms with van der Waals surface area (Å²) in [5.41, 5.74) is 2.42. The van der Waals surface area contributed by atoms with Crippen LogP contribution in [0.5, 0.6) is 0 Å². The molecule has 6 nitrogen and oxygen atoms in total. The van der Waals surface area contributed by atoms with Crippen molar-refractivity contribution in [3.05, 3.63) is 71.3 Å². The third kappa shape index (κ3) is 3.99. The van der Waals surface area contributed by atoms with Crippen molar-refractivity contribution in [2.45, 2.75) is 19.8 Å². The van der Waals surface area contributed by atoms with Crippen LogP contribution < -0.4 is 9.80 Å². The van der Waals surface area contributed by atoms with Crippen molar-refractivity contribution in [2.24, 2.45) is 0 Å². The van der Waals surface area contributed by atoms with E-state index in [-0.39, 0.29) is 17.5 Å². The zero-order valence-corrected chi connectivity index (χ0v) is 17.1. The van der Waals surface area contributed by atoms with Crippen molar-refractivity contribution in [3.63, 3.8) is 0 Å². The minimum absolute atomic E-state index is 0.142. The highest BCUT2D eigenvalue weighted by molar-refractivity contribution is 7.14. The van der Waals surface area contributed by atoms with Gasteiger partial charge in [-0.15, -0.1) is 11.3 Å². The molecule has 3 heterocycles. The zero-order valence-electron chi connectivity index (χ0n) is 16.3. The van der Waals surface area contributed by atoms with Crippen LogP contribution in [0.25, 0.3) is 6.08 Å². The van der Waals surface area contributed by atoms with Crippen LogP contribution in [0, 0.1) is 5.82 Å². The van der Waals surface area contributed by atoms with Crippen LogP contribution in [-0.2, 0) is 16.0 Å². The lowest BCUT2D eigenvalue weighted by Crippen LogP contribution is -2.34. The van der Waals surface area contributed by atoms with Crippen LogP contribution in [0.4, 0.5) is 20.9 Å². The second kappa shape index (κ2) is 8.54. The summed E-state index contributed by atoms with van der Waals surface area (Å²) < 4.78 is 14.2. The molecule has 0 atom stereocenters. The van der Waals surface area contributed by atoms with E-state index in [4.69, 9.17) is 0 Å². The van der Waals surface area contributed by atoms with E-state index in [9.17, 15) is 14.0 Å². The van der Waals surface area contributed by atoms with Gasteiger partial charge in [0.25, 0.3) is 5.91 Å². The van der Waals surface area contributed by atoms with Gasteiger partial charge in [0, 0.05) is 31.1 Å². The molecule has 0 saturated heterocycles. The number of aromatic nitrogens is 2. The molecule has 2 amide bonds. The smallest absolute Gasteiger partial charge is 0.251 e. The Morgan fingerprint density at radius 3 is 2.87 bits per heavy atom. The fourth-order valence-electron chi connectivity index (χ4n) is 3.36. The molecule has 152 valence electrons. The van der Waals surface area contributed by atoms with Crippen LogP contribution in [0.15, 0.2) is 54.1 Å². The Hall–Kier alpha value is -3.39. The number of benzene rings is 1. The number of halogens is 1. The Labute approximate surface area is 177 Å². The van der Waals surface area contributed by atoms with E-state index < -0.39 is 5.82 Å². The maximum absolute atomic E-state index is 14.2. The standard InChI is InChI=1S/C22H19FN4O2S/c1-15(28)27(19-8-3-2-6-17(19)23)22-25-16(14-30-22)10-11-21(29)26-13-5-7-18-20(26)9-4-12-24-18/h2-4,6,8-12,14H,5,7,13H2,1H3/b11-10+. The Balaban J connectivity index is 1.55. The van der Waals surface area contributed by atoms with E-state index in [2.05, 4.69) is 9.97 Å². The monoisotopic (exact) mass is 422 g/mol. The Kier molecular flexibility index (Phi) is 5.67. The minimum Gasteiger partial charge on any atom is -0.307 e. The highest BCUT2D eigenvalue weighted by atomic mass is 32.1. The number of pyridine rings is 1. The summed E-state index contributed by atoms with van der Waals surface area (Å²) in [7, 11) is 0. The molecule has 0 unspecified atom stereocenters. The molecular formula is C22H19FN4O2S. The van der Waals surface area contributed by atoms with Gasteiger partial charge in [-0.2, -0.15) is 0 Å². The molecule has 0 saturated carbocycles. The lowest BCUT2D eigenvalue weighted by molar-refractivity contribution is -0.116. The number of thiazole rings is 1. The van der Waals surface area contributed by atoms with E-state index in [1.165, 1.54) is 41.4 Å². The van der Waals surface area contributed by atoms with E-state index in [1.807, 2.05) is 12.1 Å². The maximum Gasteiger partial charge on any atom is 0.251 e. The number of aryl methyl sites for hydroxylation is 1. The molecule has 0 N–H and O–H groups in total. The summed E-state index contributed by atoms with van der Waals surface area (Å²) in [6.07, 6.45) is 6.52. The molecule has 0 spiro atoms. The lowest BCUT2D eigenvalue weighted by Gasteiger charge is -2.27. The fourth-order valence-corrected chi connectivity index (χ4v) is 4.21. The summed E-state index contributed by atoms with van der Waals surface area (Å²) in [5.74, 6) is -1.01. The second-order valence-electron chi connectivity index (χ2n) is 6.76. The van der Waals surface area contributed by atoms with E-state index in [1.54, 1.807) is 34.7 Å². The maximum atomic E-state index is 14.2. The fraction of sp³-hybridized carbons (Fsp3) is 0.182. The normalized spacial score (nSPS) is 13.3. The van der Waals surface area contributed by atoms with Crippen molar-refractivity contribution in [3.8, 4) is 0 Å². The molecule has 3 aromatic rings. The molecule has 30 heavy (non-hydrogen) atoms. The first-order chi connectivity index (χ1) is 14.5. The summed E-state index contributed by atoms with van der Waals surface area (Å²) in [4.78, 5) is 36.5. The average Bonchev–Trinajstić information content (AvgIpc) is 3.21. The second-order valence-corrected chi connectivity index (χ2v) is 7.59. The SMILES string of the molecule is CC(=O)N(c1nc(/C=C/C(=O)N2CCCc3ncccc32)cs1)c1ccccc1F. The topological polar surface area (TPSA) is 66.4 Å². The number of carbonyl (C=O) groups excluding carboxylic acids is 2. The third-order valence-corrected chi connectivity index (χ3v) is 5.57.